The molecule has 3 rings (SSSR count). The molecule has 1 aliphatic rings. The van der Waals surface area contributed by atoms with Crippen molar-refractivity contribution in [2.24, 2.45) is 7.05 Å². The number of aryl methyl sites for hydroxylation is 2. The van der Waals surface area contributed by atoms with E-state index in [-0.39, 0.29) is 18.6 Å². The van der Waals surface area contributed by atoms with Crippen LogP contribution in [0.1, 0.15) is 37.8 Å². The van der Waals surface area contributed by atoms with E-state index in [9.17, 15) is 4.79 Å². The summed E-state index contributed by atoms with van der Waals surface area (Å²) in [6, 6.07) is 8.00. The number of anilines is 1. The van der Waals surface area contributed by atoms with E-state index in [2.05, 4.69) is 26.3 Å². The van der Waals surface area contributed by atoms with E-state index in [1.807, 2.05) is 38.2 Å². The van der Waals surface area contributed by atoms with Crippen LogP contribution in [0, 0.1) is 6.92 Å². The Morgan fingerprint density at radius 2 is 1.96 bits per heavy atom. The van der Waals surface area contributed by atoms with Gasteiger partial charge >= 0.3 is 0 Å². The van der Waals surface area contributed by atoms with Crippen molar-refractivity contribution >= 4 is 27.7 Å². The van der Waals surface area contributed by atoms with Gasteiger partial charge in [-0.1, -0.05) is 47.3 Å². The van der Waals surface area contributed by atoms with Crippen molar-refractivity contribution in [3.63, 3.8) is 0 Å². The molecule has 134 valence electrons. The molecule has 5 nitrogen and oxygen atoms in total. The van der Waals surface area contributed by atoms with Gasteiger partial charge in [-0.2, -0.15) is 5.10 Å². The number of ether oxygens (including phenoxy) is 1. The summed E-state index contributed by atoms with van der Waals surface area (Å²) in [5.74, 6) is 0.573. The van der Waals surface area contributed by atoms with Crippen molar-refractivity contribution in [2.45, 2.75) is 45.1 Å². The molecule has 1 aliphatic carbocycles. The highest BCUT2D eigenvalue weighted by Gasteiger charge is 2.19. The van der Waals surface area contributed by atoms with Crippen LogP contribution in [0.3, 0.4) is 0 Å². The fourth-order valence-corrected chi connectivity index (χ4v) is 3.62. The predicted molar refractivity (Wildman–Crippen MR) is 103 cm³/mol. The molecule has 1 fully saturated rings. The van der Waals surface area contributed by atoms with E-state index < -0.39 is 0 Å². The van der Waals surface area contributed by atoms with Gasteiger partial charge in [0.1, 0.15) is 12.4 Å². The predicted octanol–water partition coefficient (Wildman–Crippen LogP) is 4.45. The van der Waals surface area contributed by atoms with Crippen LogP contribution in [-0.4, -0.2) is 28.4 Å². The summed E-state index contributed by atoms with van der Waals surface area (Å²) in [4.78, 5) is 12.4. The lowest BCUT2D eigenvalue weighted by Gasteiger charge is -2.21. The number of hydrogen-bond donors (Lipinski definition) is 1. The molecule has 1 saturated carbocycles. The summed E-state index contributed by atoms with van der Waals surface area (Å²) < 4.78 is 8.51. The monoisotopic (exact) mass is 405 g/mol. The van der Waals surface area contributed by atoms with Crippen LogP contribution in [-0.2, 0) is 16.6 Å². The van der Waals surface area contributed by atoms with Gasteiger partial charge in [-0.05, 0) is 37.5 Å². The van der Waals surface area contributed by atoms with Crippen LogP contribution < -0.4 is 5.32 Å². The highest BCUT2D eigenvalue weighted by Crippen LogP contribution is 2.32. The van der Waals surface area contributed by atoms with Gasteiger partial charge in [0.25, 0.3) is 5.91 Å². The first kappa shape index (κ1) is 18.1. The van der Waals surface area contributed by atoms with Crippen molar-refractivity contribution < 1.29 is 9.53 Å². The number of benzene rings is 1. The minimum absolute atomic E-state index is 0.0919. The topological polar surface area (TPSA) is 56.2 Å². The zero-order valence-electron chi connectivity index (χ0n) is 14.7. The SMILES string of the molecule is Cc1nn(C)c(NC(=O)COC2CCCCC2)c1-c1ccc(Br)cc1. The Labute approximate surface area is 156 Å². The molecule has 1 aromatic carbocycles. The highest BCUT2D eigenvalue weighted by atomic mass is 79.9. The van der Waals surface area contributed by atoms with Crippen LogP contribution in [0.5, 0.6) is 0 Å². The van der Waals surface area contributed by atoms with Crippen LogP contribution in [0.4, 0.5) is 5.82 Å². The summed E-state index contributed by atoms with van der Waals surface area (Å²) in [5.41, 5.74) is 2.85. The van der Waals surface area contributed by atoms with Gasteiger partial charge in [-0.3, -0.25) is 9.48 Å². The molecule has 2 aromatic rings. The van der Waals surface area contributed by atoms with Crippen LogP contribution >= 0.6 is 15.9 Å². The molecule has 1 heterocycles. The fraction of sp³-hybridized carbons (Fsp3) is 0.474. The van der Waals surface area contributed by atoms with E-state index in [1.54, 1.807) is 4.68 Å². The number of nitrogens with one attached hydrogen (secondary N) is 1. The number of carbonyl (C=O) groups is 1. The summed E-state index contributed by atoms with van der Waals surface area (Å²) in [6.07, 6.45) is 6.00. The van der Waals surface area contributed by atoms with Gasteiger partial charge in [-0.15, -0.1) is 0 Å². The van der Waals surface area contributed by atoms with E-state index in [1.165, 1.54) is 19.3 Å². The Hall–Kier alpha value is -1.66. The highest BCUT2D eigenvalue weighted by molar-refractivity contribution is 9.10. The summed E-state index contributed by atoms with van der Waals surface area (Å²) in [5, 5.41) is 7.44. The first-order valence-corrected chi connectivity index (χ1v) is 9.55. The number of nitrogens with zero attached hydrogens (tertiary/aromatic N) is 2. The van der Waals surface area contributed by atoms with Crippen molar-refractivity contribution in [1.82, 2.24) is 9.78 Å². The van der Waals surface area contributed by atoms with Gasteiger partial charge < -0.3 is 10.1 Å². The number of aromatic nitrogens is 2. The van der Waals surface area contributed by atoms with Crippen molar-refractivity contribution in [2.75, 3.05) is 11.9 Å². The molecule has 0 bridgehead atoms. The fourth-order valence-electron chi connectivity index (χ4n) is 3.36. The molecule has 0 spiro atoms. The van der Waals surface area contributed by atoms with Crippen LogP contribution in [0.15, 0.2) is 28.7 Å². The maximum Gasteiger partial charge on any atom is 0.251 e. The smallest absolute Gasteiger partial charge is 0.251 e. The molecular weight excluding hydrogens is 382 g/mol. The van der Waals surface area contributed by atoms with Gasteiger partial charge in [0, 0.05) is 17.1 Å². The molecule has 25 heavy (non-hydrogen) atoms. The molecule has 6 heteroatoms. The number of carbonyl (C=O) groups excluding carboxylic acids is 1. The van der Waals surface area contributed by atoms with E-state index in [0.29, 0.717) is 5.82 Å². The summed E-state index contributed by atoms with van der Waals surface area (Å²) in [7, 11) is 1.84. The second kappa shape index (κ2) is 8.15. The Kier molecular flexibility index (Phi) is 5.91. The molecule has 0 saturated heterocycles. The van der Waals surface area contributed by atoms with Crippen molar-refractivity contribution in [1.29, 1.82) is 0 Å². The second-order valence-electron chi connectivity index (χ2n) is 6.56. The lowest BCUT2D eigenvalue weighted by atomic mass is 9.98. The Morgan fingerprint density at radius 1 is 1.28 bits per heavy atom. The third kappa shape index (κ3) is 4.50. The molecular formula is C19H24BrN3O2. The molecule has 1 aromatic heterocycles. The number of hydrogen-bond acceptors (Lipinski definition) is 3. The van der Waals surface area contributed by atoms with Gasteiger partial charge in [0.05, 0.1) is 11.8 Å². The molecule has 1 amide bonds. The Balaban J connectivity index is 1.71. The maximum absolute atomic E-state index is 12.4. The molecule has 0 unspecified atom stereocenters. The molecule has 0 atom stereocenters. The third-order valence-electron chi connectivity index (χ3n) is 4.62. The first-order chi connectivity index (χ1) is 12.0. The molecule has 0 aliphatic heterocycles. The summed E-state index contributed by atoms with van der Waals surface area (Å²) >= 11 is 3.45. The lowest BCUT2D eigenvalue weighted by Crippen LogP contribution is -2.25. The standard InChI is InChI=1S/C19H24BrN3O2/c1-13-18(14-8-10-15(20)11-9-14)19(23(2)22-13)21-17(24)12-25-16-6-4-3-5-7-16/h8-11,16H,3-7,12H2,1-2H3,(H,21,24). The maximum atomic E-state index is 12.4. The average molecular weight is 406 g/mol. The van der Waals surface area contributed by atoms with Crippen LogP contribution in [0.2, 0.25) is 0 Å². The molecule has 0 radical (unpaired) electrons. The largest absolute Gasteiger partial charge is 0.368 e. The Morgan fingerprint density at radius 3 is 2.64 bits per heavy atom. The van der Waals surface area contributed by atoms with E-state index in [0.717, 1.165) is 34.1 Å². The lowest BCUT2D eigenvalue weighted by molar-refractivity contribution is -0.123. The van der Waals surface area contributed by atoms with E-state index in [4.69, 9.17) is 4.74 Å². The zero-order valence-corrected chi connectivity index (χ0v) is 16.3. The number of rotatable bonds is 5. The normalized spacial score (nSPS) is 15.3. The number of amides is 1. The van der Waals surface area contributed by atoms with Gasteiger partial charge in [0.15, 0.2) is 0 Å². The average Bonchev–Trinajstić information content (AvgIpc) is 2.88. The quantitative estimate of drug-likeness (QED) is 0.799. The first-order valence-electron chi connectivity index (χ1n) is 8.75. The summed E-state index contributed by atoms with van der Waals surface area (Å²) in [6.45, 7) is 2.04. The molecule has 1 N–H and O–H groups in total. The van der Waals surface area contributed by atoms with E-state index >= 15 is 0 Å². The number of halogens is 1. The Bertz CT molecular complexity index is 734. The van der Waals surface area contributed by atoms with Crippen LogP contribution in [0.25, 0.3) is 11.1 Å². The van der Waals surface area contributed by atoms with Gasteiger partial charge in [0.2, 0.25) is 0 Å². The zero-order chi connectivity index (χ0) is 17.8. The minimum Gasteiger partial charge on any atom is -0.368 e. The minimum atomic E-state index is -0.132. The van der Waals surface area contributed by atoms with Crippen molar-refractivity contribution in [3.05, 3.63) is 34.4 Å². The third-order valence-corrected chi connectivity index (χ3v) is 5.14. The van der Waals surface area contributed by atoms with Gasteiger partial charge in [-0.25, -0.2) is 0 Å². The van der Waals surface area contributed by atoms with Crippen molar-refractivity contribution in [3.8, 4) is 11.1 Å². The second-order valence-corrected chi connectivity index (χ2v) is 7.47.